The Balaban J connectivity index is 1.66. The van der Waals surface area contributed by atoms with E-state index in [0.29, 0.717) is 6.54 Å². The molecule has 0 unspecified atom stereocenters. The Morgan fingerprint density at radius 1 is 1.23 bits per heavy atom. The van der Waals surface area contributed by atoms with Crippen molar-refractivity contribution in [2.45, 2.75) is 58.2 Å². The maximum Gasteiger partial charge on any atom is 0.254 e. The number of morpholine rings is 1. The molecule has 4 heteroatoms. The first-order valence-corrected chi connectivity index (χ1v) is 10.2. The molecule has 0 bridgehead atoms. The van der Waals surface area contributed by atoms with Gasteiger partial charge < -0.3 is 14.5 Å². The molecular weight excluding hydrogens is 324 g/mol. The van der Waals surface area contributed by atoms with Crippen LogP contribution >= 0.6 is 0 Å². The van der Waals surface area contributed by atoms with E-state index in [1.54, 1.807) is 0 Å². The average Bonchev–Trinajstić information content (AvgIpc) is 2.81. The predicted octanol–water partition coefficient (Wildman–Crippen LogP) is 3.82. The van der Waals surface area contributed by atoms with Gasteiger partial charge in [-0.25, -0.2) is 0 Å². The lowest BCUT2D eigenvalue weighted by Gasteiger charge is -2.45. The normalized spacial score (nSPS) is 27.7. The summed E-state index contributed by atoms with van der Waals surface area (Å²) in [6.07, 6.45) is 4.57. The van der Waals surface area contributed by atoms with Gasteiger partial charge >= 0.3 is 0 Å². The first-order chi connectivity index (χ1) is 12.5. The Labute approximate surface area is 158 Å². The highest BCUT2D eigenvalue weighted by atomic mass is 16.5. The molecule has 1 aromatic carbocycles. The molecule has 144 valence electrons. The first kappa shape index (κ1) is 19.4. The van der Waals surface area contributed by atoms with E-state index in [2.05, 4.69) is 25.7 Å². The molecule has 2 saturated heterocycles. The molecule has 0 aromatic heterocycles. The van der Waals surface area contributed by atoms with Crippen LogP contribution < -0.4 is 0 Å². The average molecular weight is 359 g/mol. The summed E-state index contributed by atoms with van der Waals surface area (Å²) in [5, 5.41) is 0. The first-order valence-electron chi connectivity index (χ1n) is 10.2. The van der Waals surface area contributed by atoms with E-state index in [0.717, 1.165) is 50.4 Å². The topological polar surface area (TPSA) is 32.8 Å². The van der Waals surface area contributed by atoms with E-state index in [-0.39, 0.29) is 17.6 Å². The number of carbonyl (C=O) groups is 1. The Bertz CT molecular complexity index is 589. The Morgan fingerprint density at radius 3 is 2.73 bits per heavy atom. The van der Waals surface area contributed by atoms with Crippen molar-refractivity contribution < 1.29 is 9.53 Å². The lowest BCUT2D eigenvalue weighted by molar-refractivity contribution is -0.145. The SMILES string of the molecule is CC(C)CCN1CCC[C@@]2(CC1)CN(C(=O)c1ccccc1)C[C@@H](C)O2. The van der Waals surface area contributed by atoms with Crippen molar-refractivity contribution >= 4 is 5.91 Å². The van der Waals surface area contributed by atoms with Crippen molar-refractivity contribution in [1.29, 1.82) is 0 Å². The zero-order valence-corrected chi connectivity index (χ0v) is 16.6. The minimum absolute atomic E-state index is 0.0960. The molecule has 3 rings (SSSR count). The molecule has 2 fully saturated rings. The third kappa shape index (κ3) is 4.86. The van der Waals surface area contributed by atoms with Crippen molar-refractivity contribution in [1.82, 2.24) is 9.80 Å². The number of hydrogen-bond acceptors (Lipinski definition) is 3. The molecule has 0 saturated carbocycles. The fraction of sp³-hybridized carbons (Fsp3) is 0.682. The molecule has 2 aliphatic heterocycles. The van der Waals surface area contributed by atoms with Gasteiger partial charge in [0.2, 0.25) is 0 Å². The van der Waals surface area contributed by atoms with Crippen LogP contribution in [0.1, 0.15) is 56.8 Å². The predicted molar refractivity (Wildman–Crippen MR) is 105 cm³/mol. The molecular formula is C22H34N2O2. The van der Waals surface area contributed by atoms with Crippen LogP contribution in [0.2, 0.25) is 0 Å². The fourth-order valence-electron chi connectivity index (χ4n) is 4.31. The molecule has 2 atom stereocenters. The summed E-state index contributed by atoms with van der Waals surface area (Å²) in [5.41, 5.74) is 0.609. The number of hydrogen-bond donors (Lipinski definition) is 0. The molecule has 0 radical (unpaired) electrons. The third-order valence-corrected chi connectivity index (χ3v) is 5.73. The van der Waals surface area contributed by atoms with Crippen LogP contribution in [-0.4, -0.2) is 60.1 Å². The molecule has 0 aliphatic carbocycles. The van der Waals surface area contributed by atoms with E-state index in [1.165, 1.54) is 13.0 Å². The van der Waals surface area contributed by atoms with Crippen LogP contribution in [-0.2, 0) is 4.74 Å². The number of likely N-dealkylation sites (tertiary alicyclic amines) is 1. The summed E-state index contributed by atoms with van der Waals surface area (Å²) >= 11 is 0. The Hall–Kier alpha value is -1.39. The maximum atomic E-state index is 13.0. The van der Waals surface area contributed by atoms with Gasteiger partial charge in [0.15, 0.2) is 0 Å². The second kappa shape index (κ2) is 8.53. The third-order valence-electron chi connectivity index (χ3n) is 5.73. The van der Waals surface area contributed by atoms with Gasteiger partial charge in [-0.2, -0.15) is 0 Å². The summed E-state index contributed by atoms with van der Waals surface area (Å²) in [6, 6.07) is 9.65. The zero-order valence-electron chi connectivity index (χ0n) is 16.6. The molecule has 4 nitrogen and oxygen atoms in total. The van der Waals surface area contributed by atoms with Crippen molar-refractivity contribution in [3.05, 3.63) is 35.9 Å². The molecule has 26 heavy (non-hydrogen) atoms. The van der Waals surface area contributed by atoms with Gasteiger partial charge in [0.1, 0.15) is 0 Å². The van der Waals surface area contributed by atoms with Gasteiger partial charge in [0.05, 0.1) is 18.2 Å². The summed E-state index contributed by atoms with van der Waals surface area (Å²) in [4.78, 5) is 17.6. The summed E-state index contributed by atoms with van der Waals surface area (Å²) in [5.74, 6) is 0.887. The van der Waals surface area contributed by atoms with Gasteiger partial charge in [-0.15, -0.1) is 0 Å². The fourth-order valence-corrected chi connectivity index (χ4v) is 4.31. The molecule has 2 aliphatic rings. The lowest BCUT2D eigenvalue weighted by Crippen LogP contribution is -2.56. The highest BCUT2D eigenvalue weighted by molar-refractivity contribution is 5.94. The molecule has 2 heterocycles. The Kier molecular flexibility index (Phi) is 6.36. The minimum atomic E-state index is -0.172. The van der Waals surface area contributed by atoms with E-state index in [1.807, 2.05) is 35.2 Å². The van der Waals surface area contributed by atoms with Crippen LogP contribution in [0.5, 0.6) is 0 Å². The highest BCUT2D eigenvalue weighted by Crippen LogP contribution is 2.33. The van der Waals surface area contributed by atoms with Crippen molar-refractivity contribution in [2.75, 3.05) is 32.7 Å². The van der Waals surface area contributed by atoms with E-state index in [9.17, 15) is 4.79 Å². The largest absolute Gasteiger partial charge is 0.368 e. The maximum absolute atomic E-state index is 13.0. The second-order valence-electron chi connectivity index (χ2n) is 8.54. The number of carbonyl (C=O) groups excluding carboxylic acids is 1. The number of nitrogens with zero attached hydrogens (tertiary/aromatic N) is 2. The van der Waals surface area contributed by atoms with Crippen molar-refractivity contribution in [3.63, 3.8) is 0 Å². The number of benzene rings is 1. The number of rotatable bonds is 4. The van der Waals surface area contributed by atoms with E-state index >= 15 is 0 Å². The van der Waals surface area contributed by atoms with Crippen LogP contribution in [0.25, 0.3) is 0 Å². The summed E-state index contributed by atoms with van der Waals surface area (Å²) in [6.45, 7) is 11.5. The van der Waals surface area contributed by atoms with Crippen LogP contribution in [0.15, 0.2) is 30.3 Å². The highest BCUT2D eigenvalue weighted by Gasteiger charge is 2.42. The number of ether oxygens (including phenoxy) is 1. The minimum Gasteiger partial charge on any atom is -0.368 e. The second-order valence-corrected chi connectivity index (χ2v) is 8.54. The lowest BCUT2D eigenvalue weighted by atomic mass is 9.91. The molecule has 1 aromatic rings. The molecule has 0 N–H and O–H groups in total. The van der Waals surface area contributed by atoms with Crippen LogP contribution in [0.3, 0.4) is 0 Å². The molecule has 1 amide bonds. The van der Waals surface area contributed by atoms with Crippen LogP contribution in [0.4, 0.5) is 0 Å². The van der Waals surface area contributed by atoms with E-state index < -0.39 is 0 Å². The summed E-state index contributed by atoms with van der Waals surface area (Å²) in [7, 11) is 0. The summed E-state index contributed by atoms with van der Waals surface area (Å²) < 4.78 is 6.46. The van der Waals surface area contributed by atoms with E-state index in [4.69, 9.17) is 4.74 Å². The van der Waals surface area contributed by atoms with Gasteiger partial charge in [-0.3, -0.25) is 4.79 Å². The van der Waals surface area contributed by atoms with Gasteiger partial charge in [0, 0.05) is 18.7 Å². The van der Waals surface area contributed by atoms with Crippen LogP contribution in [0, 0.1) is 5.92 Å². The van der Waals surface area contributed by atoms with Gasteiger partial charge in [-0.05, 0) is 63.7 Å². The number of amides is 1. The zero-order chi connectivity index (χ0) is 18.6. The van der Waals surface area contributed by atoms with Gasteiger partial charge in [-0.1, -0.05) is 32.0 Å². The van der Waals surface area contributed by atoms with Gasteiger partial charge in [0.25, 0.3) is 5.91 Å². The monoisotopic (exact) mass is 358 g/mol. The van der Waals surface area contributed by atoms with Crippen molar-refractivity contribution in [2.24, 2.45) is 5.92 Å². The standard InChI is InChI=1S/C22H34N2O2/c1-18(2)10-14-23-13-7-11-22(12-15-23)17-24(16-19(3)26-22)21(25)20-8-5-4-6-9-20/h4-6,8-9,18-19H,7,10-17H2,1-3H3/t19-,22-/m1/s1. The molecule has 1 spiro atoms. The smallest absolute Gasteiger partial charge is 0.254 e. The van der Waals surface area contributed by atoms with Crippen molar-refractivity contribution in [3.8, 4) is 0 Å². The Morgan fingerprint density at radius 2 is 2.00 bits per heavy atom. The quantitative estimate of drug-likeness (QED) is 0.820.